The number of nitrogens with zero attached hydrogens (tertiary/aromatic N) is 1. The molecule has 2 aromatic carbocycles. The van der Waals surface area contributed by atoms with E-state index < -0.39 is 5.60 Å². The standard InChI is InChI=1S/C23H25F2NO2/c1-16-10-12-26(13-11-16)15-17-14-23(28-22(17)27,18-2-6-20(24)7-3-18)19-4-8-21(25)9-5-19/h2-9,16-17H,10-15H2,1H3. The first-order valence-corrected chi connectivity index (χ1v) is 9.93. The molecule has 0 aromatic heterocycles. The number of likely N-dealkylation sites (tertiary alicyclic amines) is 1. The third-order valence-electron chi connectivity index (χ3n) is 6.12. The van der Waals surface area contributed by atoms with Crippen LogP contribution in [0.25, 0.3) is 0 Å². The summed E-state index contributed by atoms with van der Waals surface area (Å²) in [6, 6.07) is 12.1. The molecule has 2 fully saturated rings. The highest BCUT2D eigenvalue weighted by Gasteiger charge is 2.49. The number of carbonyl (C=O) groups excluding carboxylic acids is 1. The van der Waals surface area contributed by atoms with Gasteiger partial charge in [0.15, 0.2) is 5.60 Å². The summed E-state index contributed by atoms with van der Waals surface area (Å²) in [6.45, 7) is 4.90. The average molecular weight is 385 g/mol. The fourth-order valence-electron chi connectivity index (χ4n) is 4.38. The number of carbonyl (C=O) groups is 1. The van der Waals surface area contributed by atoms with Gasteiger partial charge in [0.1, 0.15) is 11.6 Å². The van der Waals surface area contributed by atoms with Gasteiger partial charge < -0.3 is 9.64 Å². The summed E-state index contributed by atoms with van der Waals surface area (Å²) in [6.07, 6.45) is 2.75. The van der Waals surface area contributed by atoms with Gasteiger partial charge in [-0.1, -0.05) is 31.2 Å². The Kier molecular flexibility index (Phi) is 5.19. The second kappa shape index (κ2) is 7.63. The Labute approximate surface area is 164 Å². The number of benzene rings is 2. The van der Waals surface area contributed by atoms with E-state index in [1.807, 2.05) is 0 Å². The van der Waals surface area contributed by atoms with Crippen LogP contribution in [0.4, 0.5) is 8.78 Å². The van der Waals surface area contributed by atoms with E-state index in [1.165, 1.54) is 24.3 Å². The lowest BCUT2D eigenvalue weighted by molar-refractivity contribution is -0.149. The number of ether oxygens (including phenoxy) is 1. The minimum Gasteiger partial charge on any atom is -0.449 e. The molecular formula is C23H25F2NO2. The number of piperidine rings is 1. The molecule has 148 valence electrons. The lowest BCUT2D eigenvalue weighted by Gasteiger charge is -2.32. The summed E-state index contributed by atoms with van der Waals surface area (Å²) in [5.41, 5.74) is 0.416. The van der Waals surface area contributed by atoms with Gasteiger partial charge in [0.25, 0.3) is 0 Å². The Morgan fingerprint density at radius 1 is 0.964 bits per heavy atom. The first-order valence-electron chi connectivity index (χ1n) is 9.93. The average Bonchev–Trinajstić information content (AvgIpc) is 3.02. The van der Waals surface area contributed by atoms with Gasteiger partial charge in [-0.25, -0.2) is 8.78 Å². The van der Waals surface area contributed by atoms with E-state index in [9.17, 15) is 13.6 Å². The van der Waals surface area contributed by atoms with Crippen LogP contribution in [0.5, 0.6) is 0 Å². The summed E-state index contributed by atoms with van der Waals surface area (Å²) in [5.74, 6) is -0.470. The fraction of sp³-hybridized carbons (Fsp3) is 0.435. The van der Waals surface area contributed by atoms with Crippen molar-refractivity contribution in [1.82, 2.24) is 4.90 Å². The van der Waals surface area contributed by atoms with E-state index in [4.69, 9.17) is 4.74 Å². The van der Waals surface area contributed by atoms with E-state index in [2.05, 4.69) is 11.8 Å². The second-order valence-corrected chi connectivity index (χ2v) is 8.15. The molecule has 0 radical (unpaired) electrons. The van der Waals surface area contributed by atoms with Crippen molar-refractivity contribution >= 4 is 5.97 Å². The number of hydrogen-bond acceptors (Lipinski definition) is 3. The van der Waals surface area contributed by atoms with Crippen molar-refractivity contribution in [3.8, 4) is 0 Å². The molecule has 0 aliphatic carbocycles. The molecule has 1 unspecified atom stereocenters. The van der Waals surface area contributed by atoms with Crippen LogP contribution in [-0.4, -0.2) is 30.5 Å². The van der Waals surface area contributed by atoms with Gasteiger partial charge >= 0.3 is 5.97 Å². The molecule has 0 saturated carbocycles. The molecule has 2 aliphatic rings. The lowest BCUT2D eigenvalue weighted by Crippen LogP contribution is -2.37. The van der Waals surface area contributed by atoms with E-state index in [0.717, 1.165) is 31.8 Å². The molecule has 5 heteroatoms. The maximum Gasteiger partial charge on any atom is 0.311 e. The minimum atomic E-state index is -1.01. The van der Waals surface area contributed by atoms with Crippen molar-refractivity contribution in [2.45, 2.75) is 31.8 Å². The topological polar surface area (TPSA) is 29.5 Å². The third-order valence-corrected chi connectivity index (χ3v) is 6.12. The Morgan fingerprint density at radius 3 is 1.96 bits per heavy atom. The quantitative estimate of drug-likeness (QED) is 0.726. The zero-order valence-corrected chi connectivity index (χ0v) is 16.0. The number of rotatable bonds is 4. The van der Waals surface area contributed by atoms with E-state index in [1.54, 1.807) is 24.3 Å². The van der Waals surface area contributed by atoms with Crippen molar-refractivity contribution in [2.24, 2.45) is 11.8 Å². The molecule has 0 bridgehead atoms. The van der Waals surface area contributed by atoms with Gasteiger partial charge in [0, 0.05) is 24.1 Å². The molecule has 4 rings (SSSR count). The Balaban J connectivity index is 1.64. The van der Waals surface area contributed by atoms with Gasteiger partial charge in [0.05, 0.1) is 5.92 Å². The summed E-state index contributed by atoms with van der Waals surface area (Å²) in [7, 11) is 0. The number of hydrogen-bond donors (Lipinski definition) is 0. The highest BCUT2D eigenvalue weighted by Crippen LogP contribution is 2.45. The highest BCUT2D eigenvalue weighted by atomic mass is 19.1. The molecule has 2 saturated heterocycles. The SMILES string of the molecule is CC1CCN(CC2CC(c3ccc(F)cc3)(c3ccc(F)cc3)OC2=O)CC1. The maximum absolute atomic E-state index is 13.5. The summed E-state index contributed by atoms with van der Waals surface area (Å²) in [5, 5.41) is 0. The minimum absolute atomic E-state index is 0.243. The van der Waals surface area contributed by atoms with E-state index in [-0.39, 0.29) is 23.5 Å². The molecule has 28 heavy (non-hydrogen) atoms. The number of esters is 1. The molecule has 2 heterocycles. The van der Waals surface area contributed by atoms with Crippen molar-refractivity contribution in [3.05, 3.63) is 71.3 Å². The van der Waals surface area contributed by atoms with Crippen LogP contribution in [-0.2, 0) is 15.1 Å². The largest absolute Gasteiger partial charge is 0.449 e. The molecule has 2 aromatic rings. The predicted molar refractivity (Wildman–Crippen MR) is 103 cm³/mol. The van der Waals surface area contributed by atoms with E-state index >= 15 is 0 Å². The Hall–Kier alpha value is -2.27. The molecular weight excluding hydrogens is 360 g/mol. The van der Waals surface area contributed by atoms with Gasteiger partial charge in [-0.15, -0.1) is 0 Å². The van der Waals surface area contributed by atoms with Crippen LogP contribution < -0.4 is 0 Å². The van der Waals surface area contributed by atoms with Gasteiger partial charge in [-0.2, -0.15) is 0 Å². The summed E-state index contributed by atoms with van der Waals surface area (Å²) >= 11 is 0. The lowest BCUT2D eigenvalue weighted by atomic mass is 9.81. The molecule has 1 atom stereocenters. The first kappa shape index (κ1) is 19.1. The van der Waals surface area contributed by atoms with Gasteiger partial charge in [-0.3, -0.25) is 4.79 Å². The van der Waals surface area contributed by atoms with E-state index in [0.29, 0.717) is 24.1 Å². The fourth-order valence-corrected chi connectivity index (χ4v) is 4.38. The summed E-state index contributed by atoms with van der Waals surface area (Å²) < 4.78 is 32.9. The normalized spacial score (nSPS) is 23.0. The molecule has 0 spiro atoms. The highest BCUT2D eigenvalue weighted by molar-refractivity contribution is 5.77. The summed E-state index contributed by atoms with van der Waals surface area (Å²) in [4.78, 5) is 15.1. The maximum atomic E-state index is 13.5. The Bertz CT molecular complexity index is 781. The van der Waals surface area contributed by atoms with Crippen molar-refractivity contribution in [2.75, 3.05) is 19.6 Å². The van der Waals surface area contributed by atoms with Gasteiger partial charge in [-0.05, 0) is 56.1 Å². The predicted octanol–water partition coefficient (Wildman–Crippen LogP) is 4.50. The zero-order valence-electron chi connectivity index (χ0n) is 16.0. The second-order valence-electron chi connectivity index (χ2n) is 8.15. The monoisotopic (exact) mass is 385 g/mol. The third kappa shape index (κ3) is 3.68. The molecule has 0 N–H and O–H groups in total. The molecule has 3 nitrogen and oxygen atoms in total. The van der Waals surface area contributed by atoms with Crippen LogP contribution in [0.15, 0.2) is 48.5 Å². The first-order chi connectivity index (χ1) is 13.5. The van der Waals surface area contributed by atoms with Gasteiger partial charge in [0.2, 0.25) is 0 Å². The number of cyclic esters (lactones) is 1. The van der Waals surface area contributed by atoms with Crippen molar-refractivity contribution < 1.29 is 18.3 Å². The van der Waals surface area contributed by atoms with Crippen LogP contribution >= 0.6 is 0 Å². The van der Waals surface area contributed by atoms with Crippen molar-refractivity contribution in [1.29, 1.82) is 0 Å². The molecule has 2 aliphatic heterocycles. The Morgan fingerprint density at radius 2 is 1.46 bits per heavy atom. The van der Waals surface area contributed by atoms with Crippen molar-refractivity contribution in [3.63, 3.8) is 0 Å². The number of halogens is 2. The zero-order chi connectivity index (χ0) is 19.7. The van der Waals surface area contributed by atoms with Crippen LogP contribution in [0.2, 0.25) is 0 Å². The van der Waals surface area contributed by atoms with Crippen LogP contribution in [0, 0.1) is 23.5 Å². The molecule has 0 amide bonds. The van der Waals surface area contributed by atoms with Crippen LogP contribution in [0.3, 0.4) is 0 Å². The van der Waals surface area contributed by atoms with Crippen LogP contribution in [0.1, 0.15) is 37.3 Å². The smallest absolute Gasteiger partial charge is 0.311 e.